The van der Waals surface area contributed by atoms with E-state index in [4.69, 9.17) is 4.74 Å². The molecule has 4 nitrogen and oxygen atoms in total. The molecule has 0 N–H and O–H groups in total. The summed E-state index contributed by atoms with van der Waals surface area (Å²) in [5.41, 5.74) is 0. The molecule has 0 bridgehead atoms. The zero-order valence-electron chi connectivity index (χ0n) is 9.29. The Hall–Kier alpha value is -2.36. The van der Waals surface area contributed by atoms with E-state index >= 15 is 0 Å². The summed E-state index contributed by atoms with van der Waals surface area (Å²) >= 11 is 0. The molecule has 2 amide bonds. The maximum Gasteiger partial charge on any atom is 0.421 e. The molecule has 2 aromatic rings. The molecule has 0 unspecified atom stereocenters. The molecule has 0 radical (unpaired) electrons. The van der Waals surface area contributed by atoms with E-state index < -0.39 is 6.09 Å². The van der Waals surface area contributed by atoms with Crippen molar-refractivity contribution in [3.63, 3.8) is 0 Å². The maximum absolute atomic E-state index is 11.5. The minimum atomic E-state index is -0.698. The topological polar surface area (TPSA) is 46.6 Å². The lowest BCUT2D eigenvalue weighted by Crippen LogP contribution is -2.28. The van der Waals surface area contributed by atoms with E-state index in [1.165, 1.54) is 7.05 Å². The Labute approximate surface area is 98.4 Å². The van der Waals surface area contributed by atoms with Gasteiger partial charge in [0.15, 0.2) is 0 Å². The number of hydrogen-bond acceptors (Lipinski definition) is 3. The second-order valence-corrected chi connectivity index (χ2v) is 3.56. The van der Waals surface area contributed by atoms with Gasteiger partial charge in [-0.3, -0.25) is 9.69 Å². The third-order valence-corrected chi connectivity index (χ3v) is 2.39. The van der Waals surface area contributed by atoms with Crippen LogP contribution in [0, 0.1) is 0 Å². The van der Waals surface area contributed by atoms with Crippen LogP contribution in [0.5, 0.6) is 5.75 Å². The van der Waals surface area contributed by atoms with Gasteiger partial charge >= 0.3 is 6.09 Å². The summed E-state index contributed by atoms with van der Waals surface area (Å²) in [5, 5.41) is 1.81. The number of carbonyl (C=O) groups excluding carboxylic acids is 2. The highest BCUT2D eigenvalue weighted by Crippen LogP contribution is 2.25. The zero-order valence-corrected chi connectivity index (χ0v) is 9.29. The van der Waals surface area contributed by atoms with Crippen LogP contribution >= 0.6 is 0 Å². The molecule has 2 aromatic carbocycles. The first-order chi connectivity index (χ1) is 8.22. The van der Waals surface area contributed by atoms with Crippen LogP contribution in [0.4, 0.5) is 4.79 Å². The predicted molar refractivity (Wildman–Crippen MR) is 63.8 cm³/mol. The monoisotopic (exact) mass is 229 g/mol. The van der Waals surface area contributed by atoms with E-state index in [0.717, 1.165) is 15.7 Å². The average Bonchev–Trinajstić information content (AvgIpc) is 2.38. The lowest BCUT2D eigenvalue weighted by atomic mass is 10.1. The van der Waals surface area contributed by atoms with E-state index in [0.29, 0.717) is 12.2 Å². The first-order valence-electron chi connectivity index (χ1n) is 5.10. The highest BCUT2D eigenvalue weighted by atomic mass is 16.6. The molecule has 0 saturated carbocycles. The Balaban J connectivity index is 2.36. The van der Waals surface area contributed by atoms with Crippen molar-refractivity contribution in [2.75, 3.05) is 7.05 Å². The van der Waals surface area contributed by atoms with Gasteiger partial charge in [0.25, 0.3) is 0 Å². The van der Waals surface area contributed by atoms with Gasteiger partial charge in [0.2, 0.25) is 6.41 Å². The van der Waals surface area contributed by atoms with Crippen molar-refractivity contribution in [3.05, 3.63) is 42.5 Å². The number of imide groups is 1. The number of nitrogens with zero attached hydrogens (tertiary/aromatic N) is 1. The van der Waals surface area contributed by atoms with Gasteiger partial charge in [-0.15, -0.1) is 0 Å². The maximum atomic E-state index is 11.5. The number of ether oxygens (including phenoxy) is 1. The van der Waals surface area contributed by atoms with Crippen LogP contribution in [-0.4, -0.2) is 24.5 Å². The molecule has 0 spiro atoms. The third-order valence-electron chi connectivity index (χ3n) is 2.39. The molecular weight excluding hydrogens is 218 g/mol. The highest BCUT2D eigenvalue weighted by molar-refractivity contribution is 5.91. The molecule has 0 aliphatic carbocycles. The van der Waals surface area contributed by atoms with Gasteiger partial charge in [-0.05, 0) is 11.5 Å². The molecule has 86 valence electrons. The number of amides is 2. The highest BCUT2D eigenvalue weighted by Gasteiger charge is 2.11. The molecule has 17 heavy (non-hydrogen) atoms. The van der Waals surface area contributed by atoms with Crippen LogP contribution < -0.4 is 4.74 Å². The molecule has 0 aliphatic rings. The van der Waals surface area contributed by atoms with Gasteiger partial charge < -0.3 is 4.74 Å². The van der Waals surface area contributed by atoms with Crippen LogP contribution in [0.25, 0.3) is 10.8 Å². The van der Waals surface area contributed by atoms with Gasteiger partial charge in [0, 0.05) is 12.4 Å². The van der Waals surface area contributed by atoms with Gasteiger partial charge in [0.05, 0.1) is 0 Å². The first kappa shape index (κ1) is 11.1. The quantitative estimate of drug-likeness (QED) is 0.743. The van der Waals surface area contributed by atoms with Crippen molar-refractivity contribution in [3.8, 4) is 5.75 Å². The molecule has 4 heteroatoms. The molecule has 0 atom stereocenters. The molecule has 0 aromatic heterocycles. The number of benzene rings is 2. The van der Waals surface area contributed by atoms with E-state index in [9.17, 15) is 9.59 Å². The SMILES string of the molecule is CN(C=O)C(=O)Oc1cccc2ccccc12. The van der Waals surface area contributed by atoms with Gasteiger partial charge in [-0.25, -0.2) is 4.79 Å². The van der Waals surface area contributed by atoms with Crippen LogP contribution in [0.3, 0.4) is 0 Å². The van der Waals surface area contributed by atoms with Crippen LogP contribution in [0.15, 0.2) is 42.5 Å². The van der Waals surface area contributed by atoms with E-state index in [-0.39, 0.29) is 0 Å². The summed E-state index contributed by atoms with van der Waals surface area (Å²) in [4.78, 5) is 22.7. The van der Waals surface area contributed by atoms with Crippen molar-refractivity contribution in [1.82, 2.24) is 4.90 Å². The smallest absolute Gasteiger partial charge is 0.409 e. The largest absolute Gasteiger partial charge is 0.421 e. The number of rotatable bonds is 2. The number of hydrogen-bond donors (Lipinski definition) is 0. The molecule has 2 rings (SSSR count). The second-order valence-electron chi connectivity index (χ2n) is 3.56. The lowest BCUT2D eigenvalue weighted by Gasteiger charge is -2.11. The fraction of sp³-hybridized carbons (Fsp3) is 0.0769. The lowest BCUT2D eigenvalue weighted by molar-refractivity contribution is -0.115. The Morgan fingerprint density at radius 2 is 1.88 bits per heavy atom. The summed E-state index contributed by atoms with van der Waals surface area (Å²) in [7, 11) is 1.35. The zero-order chi connectivity index (χ0) is 12.3. The minimum absolute atomic E-state index is 0.410. The third kappa shape index (κ3) is 2.25. The van der Waals surface area contributed by atoms with E-state index in [1.54, 1.807) is 12.1 Å². The Kier molecular flexibility index (Phi) is 3.05. The fourth-order valence-electron chi connectivity index (χ4n) is 1.49. The standard InChI is InChI=1S/C13H11NO3/c1-14(9-15)13(16)17-12-8-4-6-10-5-2-3-7-11(10)12/h2-9H,1H3. The van der Waals surface area contributed by atoms with Crippen molar-refractivity contribution >= 4 is 23.3 Å². The van der Waals surface area contributed by atoms with Crippen LogP contribution in [-0.2, 0) is 4.79 Å². The Morgan fingerprint density at radius 3 is 2.65 bits per heavy atom. The normalized spacial score (nSPS) is 9.94. The predicted octanol–water partition coefficient (Wildman–Crippen LogP) is 2.43. The molecule has 0 aliphatic heterocycles. The van der Waals surface area contributed by atoms with Crippen LogP contribution in [0.2, 0.25) is 0 Å². The van der Waals surface area contributed by atoms with Crippen molar-refractivity contribution in [2.24, 2.45) is 0 Å². The number of fused-ring (bicyclic) bond motifs is 1. The second kappa shape index (κ2) is 4.65. The molecule has 0 heterocycles. The summed E-state index contributed by atoms with van der Waals surface area (Å²) in [6.45, 7) is 0. The Morgan fingerprint density at radius 1 is 1.18 bits per heavy atom. The van der Waals surface area contributed by atoms with Gasteiger partial charge in [-0.2, -0.15) is 0 Å². The summed E-state index contributed by atoms with van der Waals surface area (Å²) in [5.74, 6) is 0.446. The Bertz CT molecular complexity index is 560. The van der Waals surface area contributed by atoms with Crippen molar-refractivity contribution in [1.29, 1.82) is 0 Å². The van der Waals surface area contributed by atoms with E-state index in [1.807, 2.05) is 30.3 Å². The first-order valence-corrected chi connectivity index (χ1v) is 5.10. The van der Waals surface area contributed by atoms with Crippen LogP contribution in [0.1, 0.15) is 0 Å². The van der Waals surface area contributed by atoms with Gasteiger partial charge in [-0.1, -0.05) is 36.4 Å². The summed E-state index contributed by atoms with van der Waals surface area (Å²) in [6.07, 6.45) is -0.288. The summed E-state index contributed by atoms with van der Waals surface area (Å²) in [6, 6.07) is 13.0. The summed E-state index contributed by atoms with van der Waals surface area (Å²) < 4.78 is 5.14. The van der Waals surface area contributed by atoms with Crippen molar-refractivity contribution < 1.29 is 14.3 Å². The molecule has 0 saturated heterocycles. The molecule has 0 fully saturated rings. The fourth-order valence-corrected chi connectivity index (χ4v) is 1.49. The number of carbonyl (C=O) groups is 2. The minimum Gasteiger partial charge on any atom is -0.409 e. The van der Waals surface area contributed by atoms with Crippen molar-refractivity contribution in [2.45, 2.75) is 0 Å². The van der Waals surface area contributed by atoms with Gasteiger partial charge in [0.1, 0.15) is 5.75 Å². The molecular formula is C13H11NO3. The average molecular weight is 229 g/mol. The van der Waals surface area contributed by atoms with E-state index in [2.05, 4.69) is 0 Å².